The summed E-state index contributed by atoms with van der Waals surface area (Å²) in [6.45, 7) is 3.31. The van der Waals surface area contributed by atoms with E-state index in [9.17, 15) is 0 Å². The highest BCUT2D eigenvalue weighted by atomic mass is 32.2. The van der Waals surface area contributed by atoms with Crippen LogP contribution in [0.15, 0.2) is 11.1 Å². The average Bonchev–Trinajstić information content (AvgIpc) is 2.19. The third-order valence-corrected chi connectivity index (χ3v) is 2.08. The van der Waals surface area contributed by atoms with Crippen molar-refractivity contribution >= 4 is 11.8 Å². The summed E-state index contributed by atoms with van der Waals surface area (Å²) in [5.74, 6) is 1.24. The van der Waals surface area contributed by atoms with Gasteiger partial charge in [0.05, 0.1) is 5.03 Å². The molecule has 0 aromatic carbocycles. The molecule has 0 aromatic heterocycles. The third-order valence-electron chi connectivity index (χ3n) is 1.05. The quantitative estimate of drug-likeness (QED) is 0.577. The van der Waals surface area contributed by atoms with Crippen LogP contribution >= 0.6 is 11.8 Å². The molecule has 0 atom stereocenters. The first kappa shape index (κ1) is 6.02. The van der Waals surface area contributed by atoms with Crippen LogP contribution in [0.4, 0.5) is 0 Å². The highest BCUT2D eigenvalue weighted by Crippen LogP contribution is 2.17. The minimum absolute atomic E-state index is 1.15. The average molecular weight is 129 g/mol. The van der Waals surface area contributed by atoms with E-state index < -0.39 is 0 Å². The zero-order chi connectivity index (χ0) is 5.82. The summed E-state index contributed by atoms with van der Waals surface area (Å²) in [4.78, 5) is 0. The number of nitrogens with one attached hydrogen (secondary N) is 1. The zero-order valence-corrected chi connectivity index (χ0v) is 5.92. The van der Waals surface area contributed by atoms with Crippen molar-refractivity contribution in [2.45, 2.75) is 13.3 Å². The molecule has 0 amide bonds. The van der Waals surface area contributed by atoms with Gasteiger partial charge >= 0.3 is 0 Å². The molecular weight excluding hydrogens is 118 g/mol. The number of hydrogen-bond donors (Lipinski definition) is 1. The molecule has 0 bridgehead atoms. The number of thioether (sulfide) groups is 1. The van der Waals surface area contributed by atoms with E-state index in [1.54, 1.807) is 0 Å². The Morgan fingerprint density at radius 1 is 1.88 bits per heavy atom. The summed E-state index contributed by atoms with van der Waals surface area (Å²) in [5.41, 5.74) is 0. The Morgan fingerprint density at radius 3 is 3.25 bits per heavy atom. The van der Waals surface area contributed by atoms with Gasteiger partial charge in [-0.25, -0.2) is 0 Å². The van der Waals surface area contributed by atoms with Gasteiger partial charge < -0.3 is 5.32 Å². The summed E-state index contributed by atoms with van der Waals surface area (Å²) >= 11 is 1.92. The molecule has 0 radical (unpaired) electrons. The topological polar surface area (TPSA) is 12.0 Å². The van der Waals surface area contributed by atoms with Crippen LogP contribution in [0.2, 0.25) is 0 Å². The molecule has 1 N–H and O–H groups in total. The predicted octanol–water partition coefficient (Wildman–Crippen LogP) is 1.57. The van der Waals surface area contributed by atoms with Crippen molar-refractivity contribution in [2.24, 2.45) is 0 Å². The first-order valence-electron chi connectivity index (χ1n) is 3.00. The number of allylic oxidation sites excluding steroid dienone is 1. The Hall–Kier alpha value is -0.110. The van der Waals surface area contributed by atoms with E-state index in [0.717, 1.165) is 13.0 Å². The minimum Gasteiger partial charge on any atom is -0.379 e. The lowest BCUT2D eigenvalue weighted by molar-refractivity contribution is 0.938. The maximum absolute atomic E-state index is 3.28. The summed E-state index contributed by atoms with van der Waals surface area (Å²) in [6.07, 6.45) is 3.38. The Morgan fingerprint density at radius 2 is 2.75 bits per heavy atom. The first-order valence-corrected chi connectivity index (χ1v) is 3.99. The van der Waals surface area contributed by atoms with E-state index >= 15 is 0 Å². The first-order chi connectivity index (χ1) is 3.93. The molecule has 2 heteroatoms. The van der Waals surface area contributed by atoms with Crippen LogP contribution in [0, 0.1) is 0 Å². The molecule has 0 unspecified atom stereocenters. The normalized spacial score (nSPS) is 23.9. The van der Waals surface area contributed by atoms with E-state index in [0.29, 0.717) is 0 Å². The largest absolute Gasteiger partial charge is 0.379 e. The maximum Gasteiger partial charge on any atom is 0.0641 e. The van der Waals surface area contributed by atoms with Crippen LogP contribution < -0.4 is 5.32 Å². The van der Waals surface area contributed by atoms with Crippen molar-refractivity contribution in [3.05, 3.63) is 11.1 Å². The highest BCUT2D eigenvalue weighted by Gasteiger charge is 2.02. The van der Waals surface area contributed by atoms with Crippen molar-refractivity contribution < 1.29 is 0 Å². The van der Waals surface area contributed by atoms with Gasteiger partial charge in [-0.3, -0.25) is 0 Å². The van der Waals surface area contributed by atoms with Gasteiger partial charge in [-0.15, -0.1) is 11.8 Å². The Labute approximate surface area is 54.5 Å². The van der Waals surface area contributed by atoms with Crippen LogP contribution in [-0.4, -0.2) is 12.3 Å². The molecule has 0 spiro atoms. The molecule has 1 nitrogen and oxygen atoms in total. The summed E-state index contributed by atoms with van der Waals surface area (Å²) in [7, 11) is 0. The van der Waals surface area contributed by atoms with Crippen molar-refractivity contribution in [1.29, 1.82) is 0 Å². The van der Waals surface area contributed by atoms with Gasteiger partial charge in [-0.1, -0.05) is 13.0 Å². The van der Waals surface area contributed by atoms with E-state index in [4.69, 9.17) is 0 Å². The molecular formula is C6H11NS. The second kappa shape index (κ2) is 3.02. The summed E-state index contributed by atoms with van der Waals surface area (Å²) in [5, 5.41) is 4.65. The van der Waals surface area contributed by atoms with Gasteiger partial charge in [0.15, 0.2) is 0 Å². The Balaban J connectivity index is 2.33. The second-order valence-corrected chi connectivity index (χ2v) is 2.89. The number of rotatable bonds is 1. The fourth-order valence-electron chi connectivity index (χ4n) is 0.703. The van der Waals surface area contributed by atoms with Gasteiger partial charge in [-0.2, -0.15) is 0 Å². The minimum atomic E-state index is 1.15. The van der Waals surface area contributed by atoms with Gasteiger partial charge in [0.2, 0.25) is 0 Å². The molecule has 0 aliphatic carbocycles. The lowest BCUT2D eigenvalue weighted by Gasteiger charge is -1.92. The van der Waals surface area contributed by atoms with Crippen LogP contribution in [0.5, 0.6) is 0 Å². The molecule has 1 heterocycles. The van der Waals surface area contributed by atoms with Crippen LogP contribution in [0.25, 0.3) is 0 Å². The Bertz CT molecular complexity index is 90.7. The maximum atomic E-state index is 3.28. The van der Waals surface area contributed by atoms with E-state index in [-0.39, 0.29) is 0 Å². The zero-order valence-electron chi connectivity index (χ0n) is 5.11. The second-order valence-electron chi connectivity index (χ2n) is 1.75. The molecule has 1 fully saturated rings. The fourth-order valence-corrected chi connectivity index (χ4v) is 1.62. The SMILES string of the molecule is CC/C=C1\NCCS1. The van der Waals surface area contributed by atoms with Crippen LogP contribution in [0.3, 0.4) is 0 Å². The van der Waals surface area contributed by atoms with Crippen molar-refractivity contribution in [1.82, 2.24) is 5.32 Å². The van der Waals surface area contributed by atoms with Crippen LogP contribution in [-0.2, 0) is 0 Å². The van der Waals surface area contributed by atoms with Gasteiger partial charge in [0, 0.05) is 12.3 Å². The van der Waals surface area contributed by atoms with Gasteiger partial charge in [-0.05, 0) is 6.42 Å². The van der Waals surface area contributed by atoms with Crippen molar-refractivity contribution in [3.63, 3.8) is 0 Å². The van der Waals surface area contributed by atoms with Crippen molar-refractivity contribution in [3.8, 4) is 0 Å². The highest BCUT2D eigenvalue weighted by molar-refractivity contribution is 8.03. The molecule has 1 rings (SSSR count). The van der Waals surface area contributed by atoms with Crippen molar-refractivity contribution in [2.75, 3.05) is 12.3 Å². The number of hydrogen-bond acceptors (Lipinski definition) is 2. The lowest BCUT2D eigenvalue weighted by Crippen LogP contribution is -2.03. The lowest BCUT2D eigenvalue weighted by atomic mass is 10.5. The van der Waals surface area contributed by atoms with E-state index in [2.05, 4.69) is 18.3 Å². The molecule has 0 aromatic rings. The smallest absolute Gasteiger partial charge is 0.0641 e. The van der Waals surface area contributed by atoms with Gasteiger partial charge in [0.25, 0.3) is 0 Å². The monoisotopic (exact) mass is 129 g/mol. The standard InChI is InChI=1S/C6H11NS/c1-2-3-6-7-4-5-8-6/h3,7H,2,4-5H2,1H3/b6-3+. The van der Waals surface area contributed by atoms with Gasteiger partial charge in [0.1, 0.15) is 0 Å². The van der Waals surface area contributed by atoms with E-state index in [1.165, 1.54) is 10.8 Å². The molecule has 1 aliphatic rings. The molecule has 1 saturated heterocycles. The molecule has 1 aliphatic heterocycles. The molecule has 46 valence electrons. The summed E-state index contributed by atoms with van der Waals surface area (Å²) < 4.78 is 0. The summed E-state index contributed by atoms with van der Waals surface area (Å²) in [6, 6.07) is 0. The van der Waals surface area contributed by atoms with Crippen LogP contribution in [0.1, 0.15) is 13.3 Å². The molecule has 8 heavy (non-hydrogen) atoms. The fraction of sp³-hybridized carbons (Fsp3) is 0.667. The molecule has 0 saturated carbocycles. The van der Waals surface area contributed by atoms with E-state index in [1.807, 2.05) is 11.8 Å². The third kappa shape index (κ3) is 1.44. The predicted molar refractivity (Wildman–Crippen MR) is 38.8 cm³/mol. The Kier molecular flexibility index (Phi) is 2.27.